The van der Waals surface area contributed by atoms with Gasteiger partial charge in [-0.25, -0.2) is 0 Å². The second-order valence-electron chi connectivity index (χ2n) is 6.64. The van der Waals surface area contributed by atoms with Crippen LogP contribution in [0.3, 0.4) is 0 Å². The Morgan fingerprint density at radius 3 is 2.81 bits per heavy atom. The Kier molecular flexibility index (Phi) is 5.51. The van der Waals surface area contributed by atoms with Crippen molar-refractivity contribution < 1.29 is 19.4 Å². The summed E-state index contributed by atoms with van der Waals surface area (Å²) < 4.78 is 5.70. The molecule has 1 aromatic carbocycles. The van der Waals surface area contributed by atoms with Gasteiger partial charge in [0.25, 0.3) is 5.91 Å². The third-order valence-corrected chi connectivity index (χ3v) is 4.60. The highest BCUT2D eigenvalue weighted by molar-refractivity contribution is 5.94. The minimum atomic E-state index is -0.786. The Morgan fingerprint density at radius 2 is 2.12 bits per heavy atom. The molecule has 1 aliphatic rings. The van der Waals surface area contributed by atoms with E-state index in [4.69, 9.17) is 9.84 Å². The fraction of sp³-hybridized carbons (Fsp3) is 0.350. The summed E-state index contributed by atoms with van der Waals surface area (Å²) in [7, 11) is 0. The number of carboxylic acid groups (broad SMARTS) is 1. The number of pyridine rings is 1. The van der Waals surface area contributed by atoms with Crippen LogP contribution in [0.1, 0.15) is 40.9 Å². The summed E-state index contributed by atoms with van der Waals surface area (Å²) in [5.41, 5.74) is 2.35. The maximum Gasteiger partial charge on any atom is 0.306 e. The number of carboxylic acids is 1. The number of benzene rings is 1. The molecule has 0 unspecified atom stereocenters. The summed E-state index contributed by atoms with van der Waals surface area (Å²) in [6.45, 7) is 2.26. The molecule has 2 atom stereocenters. The van der Waals surface area contributed by atoms with Gasteiger partial charge in [0, 0.05) is 17.3 Å². The van der Waals surface area contributed by atoms with E-state index in [0.717, 1.165) is 11.3 Å². The molecule has 0 radical (unpaired) electrons. The molecule has 0 spiro atoms. The number of nitrogens with one attached hydrogen (secondary N) is 1. The molecule has 0 saturated heterocycles. The monoisotopic (exact) mass is 354 g/mol. The molecule has 3 rings (SSSR count). The summed E-state index contributed by atoms with van der Waals surface area (Å²) in [5.74, 6) is -0.648. The van der Waals surface area contributed by atoms with E-state index in [0.29, 0.717) is 37.2 Å². The molecule has 2 aromatic rings. The number of aliphatic carboxylic acids is 1. The van der Waals surface area contributed by atoms with Crippen molar-refractivity contribution in [1.82, 2.24) is 10.3 Å². The van der Waals surface area contributed by atoms with E-state index in [1.54, 1.807) is 18.3 Å². The summed E-state index contributed by atoms with van der Waals surface area (Å²) in [5, 5.41) is 12.0. The van der Waals surface area contributed by atoms with Crippen LogP contribution in [-0.4, -0.2) is 28.0 Å². The van der Waals surface area contributed by atoms with Crippen molar-refractivity contribution >= 4 is 11.9 Å². The van der Waals surface area contributed by atoms with Crippen LogP contribution >= 0.6 is 0 Å². The molecule has 0 aliphatic heterocycles. The Labute approximate surface area is 152 Å². The molecule has 136 valence electrons. The quantitative estimate of drug-likeness (QED) is 0.833. The lowest BCUT2D eigenvalue weighted by Crippen LogP contribution is -2.33. The zero-order chi connectivity index (χ0) is 18.5. The number of aromatic nitrogens is 1. The maximum absolute atomic E-state index is 12.4. The van der Waals surface area contributed by atoms with Crippen molar-refractivity contribution in [2.45, 2.75) is 38.8 Å². The lowest BCUT2D eigenvalue weighted by atomic mass is 10.1. The van der Waals surface area contributed by atoms with Gasteiger partial charge >= 0.3 is 5.97 Å². The zero-order valence-electron chi connectivity index (χ0n) is 14.6. The molecule has 1 fully saturated rings. The number of amides is 1. The van der Waals surface area contributed by atoms with Crippen molar-refractivity contribution in [2.75, 3.05) is 0 Å². The first-order valence-corrected chi connectivity index (χ1v) is 8.69. The van der Waals surface area contributed by atoms with Crippen LogP contribution in [0.15, 0.2) is 42.6 Å². The number of ether oxygens (including phenoxy) is 1. The summed E-state index contributed by atoms with van der Waals surface area (Å²) >= 11 is 0. The molecule has 1 amide bonds. The van der Waals surface area contributed by atoms with Gasteiger partial charge in [0.05, 0.1) is 12.1 Å². The van der Waals surface area contributed by atoms with Crippen LogP contribution in [0, 0.1) is 12.8 Å². The molecule has 6 nitrogen and oxygen atoms in total. The van der Waals surface area contributed by atoms with Gasteiger partial charge in [0.15, 0.2) is 0 Å². The third-order valence-electron chi connectivity index (χ3n) is 4.60. The predicted octanol–water partition coefficient (Wildman–Crippen LogP) is 2.95. The van der Waals surface area contributed by atoms with Crippen LogP contribution < -0.4 is 10.1 Å². The van der Waals surface area contributed by atoms with Gasteiger partial charge in [0.2, 0.25) is 0 Å². The number of rotatable bonds is 6. The van der Waals surface area contributed by atoms with E-state index in [-0.39, 0.29) is 17.9 Å². The molecule has 6 heteroatoms. The van der Waals surface area contributed by atoms with Gasteiger partial charge in [-0.2, -0.15) is 0 Å². The van der Waals surface area contributed by atoms with Crippen LogP contribution in [0.5, 0.6) is 5.75 Å². The molecular weight excluding hydrogens is 332 g/mol. The minimum Gasteiger partial charge on any atom is -0.487 e. The average molecular weight is 354 g/mol. The third kappa shape index (κ3) is 4.59. The smallest absolute Gasteiger partial charge is 0.306 e. The molecule has 0 bridgehead atoms. The van der Waals surface area contributed by atoms with Crippen LogP contribution in [0.2, 0.25) is 0 Å². The summed E-state index contributed by atoms with van der Waals surface area (Å²) in [6.07, 6.45) is 3.47. The van der Waals surface area contributed by atoms with Crippen molar-refractivity contribution in [3.63, 3.8) is 0 Å². The summed E-state index contributed by atoms with van der Waals surface area (Å²) in [4.78, 5) is 27.6. The molecule has 1 aromatic heterocycles. The molecule has 1 aliphatic carbocycles. The van der Waals surface area contributed by atoms with E-state index in [9.17, 15) is 9.59 Å². The Balaban J connectivity index is 1.57. The molecule has 26 heavy (non-hydrogen) atoms. The standard InChI is InChI=1S/C20H22N2O4/c1-13-5-8-18(11-21-13)26-12-14-3-2-4-15(9-14)19(23)22-17-7-6-16(10-17)20(24)25/h2-5,8-9,11,16-17H,6-7,10,12H2,1H3,(H,22,23)(H,24,25)/t16-,17+/m0/s1. The van der Waals surface area contributed by atoms with Crippen LogP contribution in [-0.2, 0) is 11.4 Å². The van der Waals surface area contributed by atoms with Gasteiger partial charge < -0.3 is 15.2 Å². The van der Waals surface area contributed by atoms with Gasteiger partial charge in [-0.1, -0.05) is 12.1 Å². The van der Waals surface area contributed by atoms with Crippen LogP contribution in [0.4, 0.5) is 0 Å². The van der Waals surface area contributed by atoms with E-state index in [1.165, 1.54) is 0 Å². The van der Waals surface area contributed by atoms with Crippen molar-refractivity contribution in [3.05, 3.63) is 59.4 Å². The van der Waals surface area contributed by atoms with Gasteiger partial charge in [-0.05, 0) is 56.0 Å². The Hall–Kier alpha value is -2.89. The van der Waals surface area contributed by atoms with E-state index in [2.05, 4.69) is 10.3 Å². The van der Waals surface area contributed by atoms with Crippen molar-refractivity contribution in [1.29, 1.82) is 0 Å². The van der Waals surface area contributed by atoms with Gasteiger partial charge in [-0.3, -0.25) is 14.6 Å². The summed E-state index contributed by atoms with van der Waals surface area (Å²) in [6, 6.07) is 10.9. The number of aryl methyl sites for hydroxylation is 1. The predicted molar refractivity (Wildman–Crippen MR) is 96.0 cm³/mol. The van der Waals surface area contributed by atoms with Crippen molar-refractivity contribution in [3.8, 4) is 5.75 Å². The fourth-order valence-electron chi connectivity index (χ4n) is 3.11. The second-order valence-corrected chi connectivity index (χ2v) is 6.64. The van der Waals surface area contributed by atoms with E-state index >= 15 is 0 Å². The SMILES string of the molecule is Cc1ccc(OCc2cccc(C(=O)N[C@@H]3CC[C@H](C(=O)O)C3)c2)cn1. The van der Waals surface area contributed by atoms with E-state index in [1.807, 2.05) is 31.2 Å². The van der Waals surface area contributed by atoms with E-state index < -0.39 is 5.97 Å². The molecule has 1 saturated carbocycles. The lowest BCUT2D eigenvalue weighted by molar-refractivity contribution is -0.141. The number of carbonyl (C=O) groups excluding carboxylic acids is 1. The lowest BCUT2D eigenvalue weighted by Gasteiger charge is -2.13. The average Bonchev–Trinajstić information content (AvgIpc) is 3.10. The number of carbonyl (C=O) groups is 2. The largest absolute Gasteiger partial charge is 0.487 e. The fourth-order valence-corrected chi connectivity index (χ4v) is 3.11. The topological polar surface area (TPSA) is 88.5 Å². The Bertz CT molecular complexity index is 789. The molecular formula is C20H22N2O4. The highest BCUT2D eigenvalue weighted by Gasteiger charge is 2.30. The van der Waals surface area contributed by atoms with Gasteiger partial charge in [-0.15, -0.1) is 0 Å². The zero-order valence-corrected chi connectivity index (χ0v) is 14.6. The van der Waals surface area contributed by atoms with Crippen LogP contribution in [0.25, 0.3) is 0 Å². The highest BCUT2D eigenvalue weighted by Crippen LogP contribution is 2.26. The normalized spacial score (nSPS) is 19.1. The number of nitrogens with zero attached hydrogens (tertiary/aromatic N) is 1. The molecule has 2 N–H and O–H groups in total. The highest BCUT2D eigenvalue weighted by atomic mass is 16.5. The van der Waals surface area contributed by atoms with Gasteiger partial charge in [0.1, 0.15) is 12.4 Å². The maximum atomic E-state index is 12.4. The van der Waals surface area contributed by atoms with Crippen molar-refractivity contribution in [2.24, 2.45) is 5.92 Å². The Morgan fingerprint density at radius 1 is 1.27 bits per heavy atom. The molecule has 1 heterocycles. The minimum absolute atomic E-state index is 0.0814. The second kappa shape index (κ2) is 7.99. The first-order chi connectivity index (χ1) is 12.5. The number of hydrogen-bond donors (Lipinski definition) is 2. The first kappa shape index (κ1) is 17.9. The number of hydrogen-bond acceptors (Lipinski definition) is 4. The first-order valence-electron chi connectivity index (χ1n) is 8.69.